The lowest BCUT2D eigenvalue weighted by Gasteiger charge is -1.94. The van der Waals surface area contributed by atoms with Gasteiger partial charge in [-0.3, -0.25) is 9.89 Å². The van der Waals surface area contributed by atoms with Gasteiger partial charge < -0.3 is 5.73 Å². The zero-order chi connectivity index (χ0) is 10.7. The summed E-state index contributed by atoms with van der Waals surface area (Å²) in [5.41, 5.74) is 6.14. The van der Waals surface area contributed by atoms with Crippen LogP contribution in [0.15, 0.2) is 30.3 Å². The highest BCUT2D eigenvalue weighted by Gasteiger charge is 2.07. The van der Waals surface area contributed by atoms with Crippen molar-refractivity contribution >= 4 is 5.91 Å². The molecule has 2 rings (SSSR count). The van der Waals surface area contributed by atoms with Crippen LogP contribution in [0.25, 0.3) is 0 Å². The van der Waals surface area contributed by atoms with E-state index in [2.05, 4.69) is 15.2 Å². The highest BCUT2D eigenvalue weighted by Crippen LogP contribution is 2.04. The van der Waals surface area contributed by atoms with Gasteiger partial charge in [-0.25, -0.2) is 4.98 Å². The lowest BCUT2D eigenvalue weighted by Crippen LogP contribution is -2.12. The first-order valence-corrected chi connectivity index (χ1v) is 4.51. The molecule has 0 spiro atoms. The van der Waals surface area contributed by atoms with Crippen LogP contribution in [0.3, 0.4) is 0 Å². The Morgan fingerprint density at radius 3 is 2.67 bits per heavy atom. The molecule has 1 heterocycles. The summed E-state index contributed by atoms with van der Waals surface area (Å²) in [6.45, 7) is 0. The Morgan fingerprint density at radius 2 is 2.07 bits per heavy atom. The molecule has 0 aliphatic heterocycles. The van der Waals surface area contributed by atoms with Crippen molar-refractivity contribution < 1.29 is 4.79 Å². The van der Waals surface area contributed by atoms with E-state index in [4.69, 9.17) is 5.73 Å². The van der Waals surface area contributed by atoms with Gasteiger partial charge in [0.2, 0.25) is 5.82 Å². The number of hydrogen-bond donors (Lipinski definition) is 2. The zero-order valence-electron chi connectivity index (χ0n) is 7.97. The molecule has 1 aromatic carbocycles. The normalized spacial score (nSPS) is 10.1. The quantitative estimate of drug-likeness (QED) is 0.759. The Labute approximate surface area is 86.3 Å². The van der Waals surface area contributed by atoms with Gasteiger partial charge in [0.1, 0.15) is 0 Å². The van der Waals surface area contributed by atoms with Crippen LogP contribution in [0.2, 0.25) is 0 Å². The number of amides is 1. The Kier molecular flexibility index (Phi) is 2.45. The molecule has 5 heteroatoms. The molecule has 0 aliphatic rings. The van der Waals surface area contributed by atoms with Crippen LogP contribution in [0.5, 0.6) is 0 Å². The molecule has 0 radical (unpaired) electrons. The van der Waals surface area contributed by atoms with Gasteiger partial charge in [0.05, 0.1) is 0 Å². The maximum absolute atomic E-state index is 10.8. The Morgan fingerprint density at radius 1 is 1.33 bits per heavy atom. The van der Waals surface area contributed by atoms with Gasteiger partial charge in [-0.15, -0.1) is 0 Å². The lowest BCUT2D eigenvalue weighted by molar-refractivity contribution is 0.0991. The maximum Gasteiger partial charge on any atom is 0.286 e. The number of primary amides is 1. The molecule has 0 saturated carbocycles. The fourth-order valence-corrected chi connectivity index (χ4v) is 1.26. The first kappa shape index (κ1) is 9.39. The summed E-state index contributed by atoms with van der Waals surface area (Å²) in [5, 5.41) is 6.39. The number of carbonyl (C=O) groups is 1. The number of aromatic amines is 1. The number of carbonyl (C=O) groups excluding carboxylic acids is 1. The van der Waals surface area contributed by atoms with Gasteiger partial charge in [-0.05, 0) is 5.56 Å². The van der Waals surface area contributed by atoms with E-state index in [0.717, 1.165) is 5.56 Å². The molecule has 0 atom stereocenters. The Bertz CT molecular complexity index is 463. The van der Waals surface area contributed by atoms with Crippen molar-refractivity contribution in [1.82, 2.24) is 15.2 Å². The topological polar surface area (TPSA) is 84.7 Å². The monoisotopic (exact) mass is 202 g/mol. The largest absolute Gasteiger partial charge is 0.363 e. The van der Waals surface area contributed by atoms with E-state index in [1.54, 1.807) is 0 Å². The molecular formula is C10H10N4O. The molecule has 1 aromatic heterocycles. The minimum absolute atomic E-state index is 0.0981. The van der Waals surface area contributed by atoms with Gasteiger partial charge in [-0.2, -0.15) is 5.10 Å². The predicted molar refractivity (Wildman–Crippen MR) is 54.1 cm³/mol. The molecule has 0 saturated heterocycles. The van der Waals surface area contributed by atoms with Gasteiger partial charge in [0.15, 0.2) is 5.82 Å². The molecule has 76 valence electrons. The number of hydrogen-bond acceptors (Lipinski definition) is 3. The van der Waals surface area contributed by atoms with Gasteiger partial charge in [-0.1, -0.05) is 30.3 Å². The minimum Gasteiger partial charge on any atom is -0.363 e. The minimum atomic E-state index is -0.596. The average Bonchev–Trinajstić information content (AvgIpc) is 2.68. The highest BCUT2D eigenvalue weighted by molar-refractivity contribution is 5.88. The summed E-state index contributed by atoms with van der Waals surface area (Å²) in [6, 6.07) is 9.77. The van der Waals surface area contributed by atoms with E-state index in [1.165, 1.54) is 0 Å². The molecular weight excluding hydrogens is 192 g/mol. The average molecular weight is 202 g/mol. The van der Waals surface area contributed by atoms with E-state index in [1.807, 2.05) is 30.3 Å². The van der Waals surface area contributed by atoms with Gasteiger partial charge in [0, 0.05) is 6.42 Å². The third kappa shape index (κ3) is 2.19. The summed E-state index contributed by atoms with van der Waals surface area (Å²) in [4.78, 5) is 14.7. The van der Waals surface area contributed by atoms with Crippen LogP contribution in [0.1, 0.15) is 22.0 Å². The number of nitrogens with zero attached hydrogens (tertiary/aromatic N) is 2. The van der Waals surface area contributed by atoms with Crippen LogP contribution >= 0.6 is 0 Å². The highest BCUT2D eigenvalue weighted by atomic mass is 16.1. The summed E-state index contributed by atoms with van der Waals surface area (Å²) >= 11 is 0. The van der Waals surface area contributed by atoms with Crippen LogP contribution in [-0.2, 0) is 6.42 Å². The van der Waals surface area contributed by atoms with E-state index < -0.39 is 5.91 Å². The van der Waals surface area contributed by atoms with Crippen LogP contribution < -0.4 is 5.73 Å². The van der Waals surface area contributed by atoms with Crippen molar-refractivity contribution in [3.8, 4) is 0 Å². The number of benzene rings is 1. The second-order valence-corrected chi connectivity index (χ2v) is 3.13. The SMILES string of the molecule is NC(=O)c1nc(Cc2ccccc2)n[nH]1. The standard InChI is InChI=1S/C10H10N4O/c11-9(15)10-12-8(13-14-10)6-7-4-2-1-3-5-7/h1-5H,6H2,(H2,11,15)(H,12,13,14). The molecule has 0 bridgehead atoms. The van der Waals surface area contributed by atoms with Crippen molar-refractivity contribution in [3.63, 3.8) is 0 Å². The third-order valence-electron chi connectivity index (χ3n) is 1.97. The van der Waals surface area contributed by atoms with Gasteiger partial charge >= 0.3 is 0 Å². The first-order valence-electron chi connectivity index (χ1n) is 4.51. The second-order valence-electron chi connectivity index (χ2n) is 3.13. The number of rotatable bonds is 3. The molecule has 2 aromatic rings. The van der Waals surface area contributed by atoms with E-state index in [9.17, 15) is 4.79 Å². The summed E-state index contributed by atoms with van der Waals surface area (Å²) in [7, 11) is 0. The molecule has 5 nitrogen and oxygen atoms in total. The lowest BCUT2D eigenvalue weighted by atomic mass is 10.1. The number of H-pyrrole nitrogens is 1. The molecule has 0 unspecified atom stereocenters. The second kappa shape index (κ2) is 3.91. The maximum atomic E-state index is 10.8. The number of nitrogens with two attached hydrogens (primary N) is 1. The number of nitrogens with one attached hydrogen (secondary N) is 1. The third-order valence-corrected chi connectivity index (χ3v) is 1.97. The summed E-state index contributed by atoms with van der Waals surface area (Å²) < 4.78 is 0. The van der Waals surface area contributed by atoms with E-state index in [0.29, 0.717) is 12.2 Å². The first-order chi connectivity index (χ1) is 7.25. The van der Waals surface area contributed by atoms with Crippen molar-refractivity contribution in [2.45, 2.75) is 6.42 Å². The van der Waals surface area contributed by atoms with Crippen molar-refractivity contribution in [1.29, 1.82) is 0 Å². The zero-order valence-corrected chi connectivity index (χ0v) is 7.97. The molecule has 0 fully saturated rings. The van der Waals surface area contributed by atoms with Crippen LogP contribution in [0.4, 0.5) is 0 Å². The van der Waals surface area contributed by atoms with Crippen LogP contribution in [-0.4, -0.2) is 21.1 Å². The summed E-state index contributed by atoms with van der Waals surface area (Å²) in [6.07, 6.45) is 0.588. The van der Waals surface area contributed by atoms with Crippen molar-refractivity contribution in [2.24, 2.45) is 5.73 Å². The number of aromatic nitrogens is 3. The fraction of sp³-hybridized carbons (Fsp3) is 0.100. The smallest absolute Gasteiger partial charge is 0.286 e. The Hall–Kier alpha value is -2.17. The fourth-order valence-electron chi connectivity index (χ4n) is 1.26. The van der Waals surface area contributed by atoms with E-state index >= 15 is 0 Å². The van der Waals surface area contributed by atoms with Crippen molar-refractivity contribution in [2.75, 3.05) is 0 Å². The van der Waals surface area contributed by atoms with Crippen LogP contribution in [0, 0.1) is 0 Å². The summed E-state index contributed by atoms with van der Waals surface area (Å²) in [5.74, 6) is 0.0674. The van der Waals surface area contributed by atoms with Crippen molar-refractivity contribution in [3.05, 3.63) is 47.5 Å². The van der Waals surface area contributed by atoms with Gasteiger partial charge in [0.25, 0.3) is 5.91 Å². The predicted octanol–water partition coefficient (Wildman–Crippen LogP) is 0.494. The molecule has 0 aliphatic carbocycles. The molecule has 3 N–H and O–H groups in total. The molecule has 1 amide bonds. The molecule has 15 heavy (non-hydrogen) atoms. The van der Waals surface area contributed by atoms with E-state index in [-0.39, 0.29) is 5.82 Å². The Balaban J connectivity index is 2.15.